The summed E-state index contributed by atoms with van der Waals surface area (Å²) in [7, 11) is 0. The van der Waals surface area contributed by atoms with E-state index in [4.69, 9.17) is 0 Å². The highest BCUT2D eigenvalue weighted by Crippen LogP contribution is 2.26. The number of fused-ring (bicyclic) bond motifs is 1. The Bertz CT molecular complexity index is 984. The molecule has 2 aliphatic heterocycles. The van der Waals surface area contributed by atoms with E-state index in [9.17, 15) is 14.4 Å². The van der Waals surface area contributed by atoms with Crippen LogP contribution < -0.4 is 21.3 Å². The molecule has 0 unspecified atom stereocenters. The Labute approximate surface area is 201 Å². The number of carbonyl (C=O) groups is 3. The zero-order valence-electron chi connectivity index (χ0n) is 18.5. The summed E-state index contributed by atoms with van der Waals surface area (Å²) < 4.78 is 0. The third-order valence-corrected chi connectivity index (χ3v) is 7.63. The van der Waals surface area contributed by atoms with Gasteiger partial charge in [-0.1, -0.05) is 12.1 Å². The number of nitrogens with one attached hydrogen (secondary N) is 4. The van der Waals surface area contributed by atoms with Crippen molar-refractivity contribution < 1.29 is 14.4 Å². The lowest BCUT2D eigenvalue weighted by Gasteiger charge is -2.37. The lowest BCUT2D eigenvalue weighted by molar-refractivity contribution is -0.129. The van der Waals surface area contributed by atoms with Gasteiger partial charge in [0, 0.05) is 47.1 Å². The van der Waals surface area contributed by atoms with E-state index < -0.39 is 0 Å². The number of carbonyl (C=O) groups excluding carboxylic acids is 3. The molecular weight excluding hydrogens is 458 g/mol. The van der Waals surface area contributed by atoms with E-state index in [0.29, 0.717) is 38.9 Å². The third-order valence-electron chi connectivity index (χ3n) is 6.03. The molecule has 3 atom stereocenters. The Hall–Kier alpha value is -2.56. The van der Waals surface area contributed by atoms with Gasteiger partial charge in [-0.3, -0.25) is 14.5 Å². The van der Waals surface area contributed by atoms with Gasteiger partial charge in [0.25, 0.3) is 0 Å². The van der Waals surface area contributed by atoms with Crippen LogP contribution in [0.15, 0.2) is 46.7 Å². The molecule has 0 saturated carbocycles. The van der Waals surface area contributed by atoms with Crippen LogP contribution in [0.4, 0.5) is 10.5 Å². The van der Waals surface area contributed by atoms with Gasteiger partial charge < -0.3 is 21.3 Å². The number of hydrogen-bond donors (Lipinski definition) is 4. The Morgan fingerprint density at radius 3 is 2.94 bits per heavy atom. The van der Waals surface area contributed by atoms with Crippen LogP contribution in [0.3, 0.4) is 0 Å². The standard InChI is InChI=1S/C23H29N5O3S2/c1-32-18-5-2-4-15(10-18)26-23(31)27-16-11-20-22(30)25-12-17(28(20)14-16)7-8-21(29)24-13-19-6-3-9-33-19/h2-6,9-10,16-17,20H,7-8,11-14H2,1H3,(H,24,29)(H,25,30)(H2,26,27,31)/t16-,17-,20+/m1/s1. The zero-order chi connectivity index (χ0) is 23.2. The van der Waals surface area contributed by atoms with E-state index in [1.54, 1.807) is 23.1 Å². The van der Waals surface area contributed by atoms with E-state index >= 15 is 0 Å². The molecule has 4 amide bonds. The zero-order valence-corrected chi connectivity index (χ0v) is 20.1. The van der Waals surface area contributed by atoms with Crippen molar-refractivity contribution in [3.63, 3.8) is 0 Å². The minimum Gasteiger partial charge on any atom is -0.353 e. The van der Waals surface area contributed by atoms with Gasteiger partial charge in [-0.25, -0.2) is 4.79 Å². The molecule has 176 valence electrons. The topological polar surface area (TPSA) is 103 Å². The lowest BCUT2D eigenvalue weighted by Crippen LogP contribution is -2.58. The minimum absolute atomic E-state index is 0.00854. The highest BCUT2D eigenvalue weighted by Gasteiger charge is 2.43. The van der Waals surface area contributed by atoms with Crippen molar-refractivity contribution in [2.45, 2.75) is 48.8 Å². The predicted octanol–water partition coefficient (Wildman–Crippen LogP) is 2.63. The summed E-state index contributed by atoms with van der Waals surface area (Å²) in [6.07, 6.45) is 3.61. The normalized spacial score (nSPS) is 22.3. The SMILES string of the molecule is CSc1cccc(NC(=O)N[C@@H]2C[C@H]3C(=O)NC[C@@H](CCC(=O)NCc4cccs4)N3C2)c1. The van der Waals surface area contributed by atoms with Crippen LogP contribution >= 0.6 is 23.1 Å². The maximum Gasteiger partial charge on any atom is 0.319 e. The second kappa shape index (κ2) is 11.0. The number of piperazine rings is 1. The summed E-state index contributed by atoms with van der Waals surface area (Å²) in [5, 5.41) is 13.8. The molecular formula is C23H29N5O3S2. The molecule has 4 N–H and O–H groups in total. The van der Waals surface area contributed by atoms with Crippen LogP contribution in [-0.4, -0.2) is 60.2 Å². The molecule has 2 fully saturated rings. The molecule has 0 aliphatic carbocycles. The summed E-state index contributed by atoms with van der Waals surface area (Å²) >= 11 is 3.23. The molecule has 2 aromatic rings. The van der Waals surface area contributed by atoms with Crippen LogP contribution in [0, 0.1) is 0 Å². The molecule has 1 aromatic carbocycles. The number of hydrogen-bond acceptors (Lipinski definition) is 6. The summed E-state index contributed by atoms with van der Waals surface area (Å²) in [6, 6.07) is 11.0. The van der Waals surface area contributed by atoms with Crippen molar-refractivity contribution >= 4 is 46.6 Å². The first-order valence-electron chi connectivity index (χ1n) is 11.1. The van der Waals surface area contributed by atoms with Gasteiger partial charge >= 0.3 is 6.03 Å². The van der Waals surface area contributed by atoms with Gasteiger partial charge in [0.05, 0.1) is 12.6 Å². The Morgan fingerprint density at radius 1 is 1.27 bits per heavy atom. The van der Waals surface area contributed by atoms with Gasteiger partial charge in [0.1, 0.15) is 0 Å². The van der Waals surface area contributed by atoms with Crippen LogP contribution in [-0.2, 0) is 16.1 Å². The largest absolute Gasteiger partial charge is 0.353 e. The van der Waals surface area contributed by atoms with Crippen LogP contribution in [0.1, 0.15) is 24.1 Å². The van der Waals surface area contributed by atoms with Gasteiger partial charge in [0.2, 0.25) is 11.8 Å². The molecule has 10 heteroatoms. The molecule has 4 rings (SSSR count). The molecule has 2 aliphatic rings. The second-order valence-corrected chi connectivity index (χ2v) is 10.2. The fourth-order valence-corrected chi connectivity index (χ4v) is 5.49. The van der Waals surface area contributed by atoms with Crippen molar-refractivity contribution in [1.82, 2.24) is 20.9 Å². The fraction of sp³-hybridized carbons (Fsp3) is 0.435. The van der Waals surface area contributed by atoms with Gasteiger partial charge in [-0.05, 0) is 48.7 Å². The number of thioether (sulfide) groups is 1. The van der Waals surface area contributed by atoms with Crippen molar-refractivity contribution in [2.24, 2.45) is 0 Å². The highest BCUT2D eigenvalue weighted by molar-refractivity contribution is 7.98. The molecule has 3 heterocycles. The maximum atomic E-state index is 12.5. The maximum absolute atomic E-state index is 12.5. The number of rotatable bonds is 8. The van der Waals surface area contributed by atoms with Gasteiger partial charge in [-0.15, -0.1) is 23.1 Å². The van der Waals surface area contributed by atoms with Crippen molar-refractivity contribution in [1.29, 1.82) is 0 Å². The first-order valence-corrected chi connectivity index (χ1v) is 13.2. The average molecular weight is 488 g/mol. The number of anilines is 1. The summed E-state index contributed by atoms with van der Waals surface area (Å²) in [6.45, 7) is 1.66. The monoisotopic (exact) mass is 487 g/mol. The number of amides is 4. The highest BCUT2D eigenvalue weighted by atomic mass is 32.2. The summed E-state index contributed by atoms with van der Waals surface area (Å²) in [4.78, 5) is 41.6. The number of urea groups is 1. The fourth-order valence-electron chi connectivity index (χ4n) is 4.39. The first-order chi connectivity index (χ1) is 16.0. The van der Waals surface area contributed by atoms with E-state index in [2.05, 4.69) is 26.2 Å². The molecule has 0 radical (unpaired) electrons. The van der Waals surface area contributed by atoms with Gasteiger partial charge in [-0.2, -0.15) is 0 Å². The smallest absolute Gasteiger partial charge is 0.319 e. The predicted molar refractivity (Wildman–Crippen MR) is 131 cm³/mol. The lowest BCUT2D eigenvalue weighted by atomic mass is 10.0. The first kappa shape index (κ1) is 23.6. The Balaban J connectivity index is 1.27. The number of benzene rings is 1. The van der Waals surface area contributed by atoms with E-state index in [1.807, 2.05) is 48.0 Å². The second-order valence-electron chi connectivity index (χ2n) is 8.27. The van der Waals surface area contributed by atoms with E-state index in [1.165, 1.54) is 0 Å². The summed E-state index contributed by atoms with van der Waals surface area (Å²) in [5.74, 6) is 0.00310. The van der Waals surface area contributed by atoms with Crippen molar-refractivity contribution in [3.8, 4) is 0 Å². The molecule has 1 aromatic heterocycles. The molecule has 33 heavy (non-hydrogen) atoms. The number of nitrogens with zero attached hydrogens (tertiary/aromatic N) is 1. The van der Waals surface area contributed by atoms with Crippen LogP contribution in [0.5, 0.6) is 0 Å². The minimum atomic E-state index is -0.275. The molecule has 2 saturated heterocycles. The third kappa shape index (κ3) is 6.27. The summed E-state index contributed by atoms with van der Waals surface area (Å²) in [5.41, 5.74) is 0.735. The molecule has 8 nitrogen and oxygen atoms in total. The molecule has 0 spiro atoms. The molecule has 0 bridgehead atoms. The van der Waals surface area contributed by atoms with Crippen LogP contribution in [0.2, 0.25) is 0 Å². The number of thiophene rings is 1. The average Bonchev–Trinajstić information content (AvgIpc) is 3.48. The quantitative estimate of drug-likeness (QED) is 0.429. The van der Waals surface area contributed by atoms with Crippen LogP contribution in [0.25, 0.3) is 0 Å². The van der Waals surface area contributed by atoms with Gasteiger partial charge in [0.15, 0.2) is 0 Å². The Kier molecular flexibility index (Phi) is 7.89. The van der Waals surface area contributed by atoms with E-state index in [0.717, 1.165) is 15.5 Å². The Morgan fingerprint density at radius 2 is 2.15 bits per heavy atom. The van der Waals surface area contributed by atoms with Crippen molar-refractivity contribution in [3.05, 3.63) is 46.7 Å². The van der Waals surface area contributed by atoms with Crippen molar-refractivity contribution in [2.75, 3.05) is 24.7 Å². The van der Waals surface area contributed by atoms with E-state index in [-0.39, 0.29) is 36.0 Å².